The Labute approximate surface area is 102 Å². The first-order valence-electron chi connectivity index (χ1n) is 5.36. The van der Waals surface area contributed by atoms with E-state index in [4.69, 9.17) is 0 Å². The van der Waals surface area contributed by atoms with E-state index in [0.29, 0.717) is 12.0 Å². The molecule has 2 aromatic carbocycles. The van der Waals surface area contributed by atoms with E-state index in [1.54, 1.807) is 12.1 Å². The van der Waals surface area contributed by atoms with E-state index in [2.05, 4.69) is 0 Å². The van der Waals surface area contributed by atoms with Crippen molar-refractivity contribution in [1.29, 1.82) is 0 Å². The molecule has 0 saturated heterocycles. The summed E-state index contributed by atoms with van der Waals surface area (Å²) in [7, 11) is 0. The van der Waals surface area contributed by atoms with Gasteiger partial charge in [0.15, 0.2) is 0 Å². The van der Waals surface area contributed by atoms with Gasteiger partial charge in [-0.1, -0.05) is 24.3 Å². The topological polar surface area (TPSA) is 0 Å². The van der Waals surface area contributed by atoms with Crippen molar-refractivity contribution in [2.75, 3.05) is 0 Å². The van der Waals surface area contributed by atoms with Crippen molar-refractivity contribution in [3.05, 3.63) is 71.0 Å². The number of halogens is 4. The largest absolute Gasteiger partial charge is 0.416 e. The molecule has 0 spiro atoms. The van der Waals surface area contributed by atoms with E-state index in [-0.39, 0.29) is 5.82 Å². The average molecular weight is 254 g/mol. The molecule has 0 amide bonds. The fraction of sp³-hybridized carbons (Fsp3) is 0.143. The Kier molecular flexibility index (Phi) is 3.36. The van der Waals surface area contributed by atoms with Gasteiger partial charge in [0.25, 0.3) is 0 Å². The summed E-state index contributed by atoms with van der Waals surface area (Å²) in [5.74, 6) is -0.348. The van der Waals surface area contributed by atoms with Crippen LogP contribution in [0.25, 0.3) is 0 Å². The van der Waals surface area contributed by atoms with Gasteiger partial charge < -0.3 is 0 Å². The zero-order chi connectivity index (χ0) is 13.2. The summed E-state index contributed by atoms with van der Waals surface area (Å²) >= 11 is 0. The summed E-state index contributed by atoms with van der Waals surface area (Å²) in [6.45, 7) is 0. The summed E-state index contributed by atoms with van der Waals surface area (Å²) in [6.07, 6.45) is -3.91. The minimum atomic E-state index is -4.32. The van der Waals surface area contributed by atoms with Gasteiger partial charge in [-0.2, -0.15) is 13.2 Å². The molecule has 0 aliphatic heterocycles. The van der Waals surface area contributed by atoms with Gasteiger partial charge >= 0.3 is 6.18 Å². The van der Waals surface area contributed by atoms with Gasteiger partial charge in [-0.15, -0.1) is 0 Å². The minimum Gasteiger partial charge on any atom is -0.207 e. The maximum atomic E-state index is 12.9. The Morgan fingerprint density at radius 1 is 0.833 bits per heavy atom. The fourth-order valence-electron chi connectivity index (χ4n) is 1.69. The quantitative estimate of drug-likeness (QED) is 0.695. The lowest BCUT2D eigenvalue weighted by Gasteiger charge is -2.07. The lowest BCUT2D eigenvalue weighted by atomic mass is 10.0. The lowest BCUT2D eigenvalue weighted by molar-refractivity contribution is -0.137. The second-order valence-electron chi connectivity index (χ2n) is 4.00. The van der Waals surface area contributed by atoms with Crippen LogP contribution < -0.4 is 0 Å². The Bertz CT molecular complexity index is 526. The van der Waals surface area contributed by atoms with Gasteiger partial charge in [0.1, 0.15) is 5.82 Å². The Morgan fingerprint density at radius 3 is 2.06 bits per heavy atom. The minimum absolute atomic E-state index is 0.348. The molecule has 0 unspecified atom stereocenters. The predicted octanol–water partition coefficient (Wildman–Crippen LogP) is 4.44. The van der Waals surface area contributed by atoms with E-state index in [1.807, 2.05) is 0 Å². The summed E-state index contributed by atoms with van der Waals surface area (Å²) in [4.78, 5) is 0. The molecule has 0 atom stereocenters. The van der Waals surface area contributed by atoms with Crippen LogP contribution in [0, 0.1) is 5.82 Å². The number of hydrogen-bond donors (Lipinski definition) is 0. The SMILES string of the molecule is Fc1cccc(Cc2ccc(C(F)(F)F)cc2)c1. The number of benzene rings is 2. The van der Waals surface area contributed by atoms with Crippen molar-refractivity contribution < 1.29 is 17.6 Å². The third kappa shape index (κ3) is 3.09. The molecule has 94 valence electrons. The van der Waals surface area contributed by atoms with E-state index in [1.165, 1.54) is 24.3 Å². The summed E-state index contributed by atoms with van der Waals surface area (Å²) in [6, 6.07) is 10.9. The van der Waals surface area contributed by atoms with Crippen molar-refractivity contribution in [3.8, 4) is 0 Å². The number of hydrogen-bond acceptors (Lipinski definition) is 0. The summed E-state index contributed by atoms with van der Waals surface area (Å²) < 4.78 is 50.0. The molecule has 0 saturated carbocycles. The van der Waals surface area contributed by atoms with E-state index < -0.39 is 11.7 Å². The van der Waals surface area contributed by atoms with Crippen LogP contribution in [0.5, 0.6) is 0 Å². The molecule has 0 aromatic heterocycles. The van der Waals surface area contributed by atoms with Crippen molar-refractivity contribution >= 4 is 0 Å². The van der Waals surface area contributed by atoms with Crippen LogP contribution in [0.15, 0.2) is 48.5 Å². The van der Waals surface area contributed by atoms with Crippen molar-refractivity contribution in [2.24, 2.45) is 0 Å². The number of alkyl halides is 3. The summed E-state index contributed by atoms with van der Waals surface area (Å²) in [5.41, 5.74) is 0.772. The summed E-state index contributed by atoms with van der Waals surface area (Å²) in [5, 5.41) is 0. The zero-order valence-corrected chi connectivity index (χ0v) is 9.34. The van der Waals surface area contributed by atoms with E-state index >= 15 is 0 Å². The van der Waals surface area contributed by atoms with Crippen molar-refractivity contribution in [1.82, 2.24) is 0 Å². The van der Waals surface area contributed by atoms with E-state index in [9.17, 15) is 17.6 Å². The van der Waals surface area contributed by atoms with Gasteiger partial charge in [0.05, 0.1) is 5.56 Å². The third-order valence-corrected chi connectivity index (χ3v) is 2.58. The predicted molar refractivity (Wildman–Crippen MR) is 60.7 cm³/mol. The van der Waals surface area contributed by atoms with Crippen LogP contribution >= 0.6 is 0 Å². The first-order valence-corrected chi connectivity index (χ1v) is 5.36. The second-order valence-corrected chi connectivity index (χ2v) is 4.00. The Hall–Kier alpha value is -1.84. The standard InChI is InChI=1S/C14H10F4/c15-13-3-1-2-11(9-13)8-10-4-6-12(7-5-10)14(16,17)18/h1-7,9H,8H2. The molecule has 2 rings (SSSR count). The van der Waals surface area contributed by atoms with Gasteiger partial charge in [-0.3, -0.25) is 0 Å². The highest BCUT2D eigenvalue weighted by Gasteiger charge is 2.29. The molecule has 0 nitrogen and oxygen atoms in total. The highest BCUT2D eigenvalue weighted by molar-refractivity contribution is 5.29. The zero-order valence-electron chi connectivity index (χ0n) is 9.34. The first-order chi connectivity index (χ1) is 8.45. The highest BCUT2D eigenvalue weighted by Crippen LogP contribution is 2.29. The Morgan fingerprint density at radius 2 is 1.50 bits per heavy atom. The third-order valence-electron chi connectivity index (χ3n) is 2.58. The van der Waals surface area contributed by atoms with Gasteiger partial charge in [0, 0.05) is 0 Å². The Balaban J connectivity index is 2.16. The molecule has 2 aromatic rings. The van der Waals surface area contributed by atoms with Crippen LogP contribution in [0.1, 0.15) is 16.7 Å². The maximum absolute atomic E-state index is 12.9. The molecule has 0 heterocycles. The lowest BCUT2D eigenvalue weighted by Crippen LogP contribution is -2.04. The molecule has 18 heavy (non-hydrogen) atoms. The molecule has 0 radical (unpaired) electrons. The average Bonchev–Trinajstić information content (AvgIpc) is 2.28. The molecule has 0 fully saturated rings. The smallest absolute Gasteiger partial charge is 0.207 e. The molecular weight excluding hydrogens is 244 g/mol. The molecule has 0 aliphatic carbocycles. The van der Waals surface area contributed by atoms with Crippen LogP contribution in [-0.2, 0) is 12.6 Å². The van der Waals surface area contributed by atoms with Crippen molar-refractivity contribution in [3.63, 3.8) is 0 Å². The normalized spacial score (nSPS) is 11.6. The molecular formula is C14H10F4. The maximum Gasteiger partial charge on any atom is 0.416 e. The van der Waals surface area contributed by atoms with Gasteiger partial charge in [-0.05, 0) is 41.8 Å². The second kappa shape index (κ2) is 4.80. The first kappa shape index (κ1) is 12.6. The van der Waals surface area contributed by atoms with Crippen LogP contribution in [0.4, 0.5) is 17.6 Å². The number of rotatable bonds is 2. The van der Waals surface area contributed by atoms with Crippen LogP contribution in [0.3, 0.4) is 0 Å². The molecule has 0 aliphatic rings. The highest BCUT2D eigenvalue weighted by atomic mass is 19.4. The van der Waals surface area contributed by atoms with Crippen LogP contribution in [-0.4, -0.2) is 0 Å². The van der Waals surface area contributed by atoms with E-state index in [0.717, 1.165) is 17.7 Å². The van der Waals surface area contributed by atoms with Crippen molar-refractivity contribution in [2.45, 2.75) is 12.6 Å². The van der Waals surface area contributed by atoms with Gasteiger partial charge in [0.2, 0.25) is 0 Å². The molecule has 0 N–H and O–H groups in total. The fourth-order valence-corrected chi connectivity index (χ4v) is 1.69. The van der Waals surface area contributed by atoms with Crippen LogP contribution in [0.2, 0.25) is 0 Å². The van der Waals surface area contributed by atoms with Gasteiger partial charge in [-0.25, -0.2) is 4.39 Å². The molecule has 4 heteroatoms. The molecule has 0 bridgehead atoms. The monoisotopic (exact) mass is 254 g/mol.